The van der Waals surface area contributed by atoms with E-state index in [1.54, 1.807) is 4.31 Å². The molecule has 2 aliphatic heterocycles. The molecule has 28 heavy (non-hydrogen) atoms. The number of sulfonamides is 1. The largest absolute Gasteiger partial charge is 0.243 e. The SMILES string of the molecule is CCCCC[N+]1=C(C)C(C)(C)c2cc(S(=O)(=O)N3CCC(CC)CC3)ccc21. The fourth-order valence-corrected chi connectivity index (χ4v) is 6.14. The number of nitrogens with zero attached hydrogens (tertiary/aromatic N) is 2. The number of hydrogen-bond donors (Lipinski definition) is 0. The standard InChI is InChI=1S/C23H37N2O2S/c1-6-8-9-14-25-18(3)23(4,5)21-17-20(10-11-22(21)25)28(26,27)24-15-12-19(7-2)13-16-24/h10-11,17,19H,6-9,12-16H2,1-5H3/q+1. The van der Waals surface area contributed by atoms with Gasteiger partial charge in [-0.1, -0.05) is 26.7 Å². The average molecular weight is 406 g/mol. The number of unbranched alkanes of at least 4 members (excludes halogenated alkanes) is 2. The summed E-state index contributed by atoms with van der Waals surface area (Å²) in [6.07, 6.45) is 6.68. The Balaban J connectivity index is 1.89. The summed E-state index contributed by atoms with van der Waals surface area (Å²) in [5.74, 6) is 0.666. The number of rotatable bonds is 7. The van der Waals surface area contributed by atoms with E-state index in [-0.39, 0.29) is 5.41 Å². The van der Waals surface area contributed by atoms with Crippen LogP contribution in [-0.4, -0.2) is 42.6 Å². The molecule has 1 aromatic rings. The van der Waals surface area contributed by atoms with Crippen LogP contribution in [0.4, 0.5) is 5.69 Å². The normalized spacial score (nSPS) is 20.6. The molecule has 0 amide bonds. The van der Waals surface area contributed by atoms with Crippen molar-refractivity contribution in [2.45, 2.75) is 83.5 Å². The van der Waals surface area contributed by atoms with E-state index in [2.05, 4.69) is 39.2 Å². The zero-order chi connectivity index (χ0) is 20.5. The van der Waals surface area contributed by atoms with Crippen molar-refractivity contribution in [2.75, 3.05) is 19.6 Å². The molecule has 3 rings (SSSR count). The van der Waals surface area contributed by atoms with Crippen molar-refractivity contribution in [3.8, 4) is 0 Å². The van der Waals surface area contributed by atoms with E-state index in [4.69, 9.17) is 0 Å². The second-order valence-corrected chi connectivity index (χ2v) is 10.9. The Kier molecular flexibility index (Phi) is 6.35. The quantitative estimate of drug-likeness (QED) is 0.469. The summed E-state index contributed by atoms with van der Waals surface area (Å²) in [7, 11) is -3.42. The highest BCUT2D eigenvalue weighted by Gasteiger charge is 2.43. The van der Waals surface area contributed by atoms with Crippen molar-refractivity contribution in [2.24, 2.45) is 5.92 Å². The lowest BCUT2D eigenvalue weighted by atomic mass is 9.82. The molecule has 0 N–H and O–H groups in total. The number of piperidine rings is 1. The Morgan fingerprint density at radius 2 is 1.82 bits per heavy atom. The third-order valence-electron chi connectivity index (χ3n) is 7.02. The van der Waals surface area contributed by atoms with E-state index in [9.17, 15) is 8.42 Å². The smallest absolute Gasteiger partial charge is 0.207 e. The molecule has 0 aliphatic carbocycles. The van der Waals surface area contributed by atoms with Gasteiger partial charge in [-0.2, -0.15) is 8.88 Å². The lowest BCUT2D eigenvalue weighted by Gasteiger charge is -2.30. The molecule has 0 bridgehead atoms. The maximum atomic E-state index is 13.3. The summed E-state index contributed by atoms with van der Waals surface area (Å²) in [4.78, 5) is 0.456. The highest BCUT2D eigenvalue weighted by molar-refractivity contribution is 7.89. The van der Waals surface area contributed by atoms with Gasteiger partial charge >= 0.3 is 0 Å². The van der Waals surface area contributed by atoms with Gasteiger partial charge in [-0.15, -0.1) is 0 Å². The molecule has 2 heterocycles. The Morgan fingerprint density at radius 1 is 1.14 bits per heavy atom. The van der Waals surface area contributed by atoms with Crippen molar-refractivity contribution >= 4 is 21.4 Å². The van der Waals surface area contributed by atoms with E-state index in [0.29, 0.717) is 23.9 Å². The summed E-state index contributed by atoms with van der Waals surface area (Å²) in [6.45, 7) is 13.3. The molecule has 1 aromatic carbocycles. The second-order valence-electron chi connectivity index (χ2n) is 9.00. The van der Waals surface area contributed by atoms with Crippen LogP contribution < -0.4 is 0 Å². The molecule has 1 saturated heterocycles. The van der Waals surface area contributed by atoms with Gasteiger partial charge in [0.05, 0.1) is 10.3 Å². The second kappa shape index (κ2) is 8.27. The maximum Gasteiger partial charge on any atom is 0.243 e. The van der Waals surface area contributed by atoms with Crippen LogP contribution in [0.2, 0.25) is 0 Å². The highest BCUT2D eigenvalue weighted by Crippen LogP contribution is 2.41. The van der Waals surface area contributed by atoms with Crippen LogP contribution in [0, 0.1) is 5.92 Å². The van der Waals surface area contributed by atoms with Crippen molar-refractivity contribution < 1.29 is 13.0 Å². The van der Waals surface area contributed by atoms with Gasteiger partial charge in [0.2, 0.25) is 15.7 Å². The Labute approximate surface area is 171 Å². The molecular formula is C23H37N2O2S+. The summed E-state index contributed by atoms with van der Waals surface area (Å²) >= 11 is 0. The van der Waals surface area contributed by atoms with Gasteiger partial charge in [-0.05, 0) is 51.2 Å². The van der Waals surface area contributed by atoms with E-state index in [1.165, 1.54) is 24.2 Å². The van der Waals surface area contributed by atoms with Crippen LogP contribution in [-0.2, 0) is 15.4 Å². The van der Waals surface area contributed by atoms with Gasteiger partial charge in [0.25, 0.3) is 0 Å². The Bertz CT molecular complexity index is 847. The minimum absolute atomic E-state index is 0.137. The van der Waals surface area contributed by atoms with Gasteiger partial charge in [-0.3, -0.25) is 0 Å². The lowest BCUT2D eigenvalue weighted by molar-refractivity contribution is -0.439. The average Bonchev–Trinajstić information content (AvgIpc) is 2.88. The van der Waals surface area contributed by atoms with Gasteiger partial charge in [0.15, 0.2) is 5.71 Å². The van der Waals surface area contributed by atoms with Gasteiger partial charge in [0.1, 0.15) is 6.54 Å². The molecule has 5 heteroatoms. The number of fused-ring (bicyclic) bond motifs is 1. The van der Waals surface area contributed by atoms with E-state index in [0.717, 1.165) is 37.8 Å². The molecule has 156 valence electrons. The molecule has 0 saturated carbocycles. The van der Waals surface area contributed by atoms with E-state index in [1.807, 2.05) is 18.2 Å². The van der Waals surface area contributed by atoms with Gasteiger partial charge in [0, 0.05) is 38.1 Å². The predicted molar refractivity (Wildman–Crippen MR) is 116 cm³/mol. The molecule has 0 radical (unpaired) electrons. The topological polar surface area (TPSA) is 40.4 Å². The van der Waals surface area contributed by atoms with Crippen LogP contribution in [0.1, 0.15) is 78.7 Å². The molecule has 0 aromatic heterocycles. The van der Waals surface area contributed by atoms with Crippen LogP contribution in [0.15, 0.2) is 23.1 Å². The summed E-state index contributed by atoms with van der Waals surface area (Å²) in [5.41, 5.74) is 3.51. The fourth-order valence-electron chi connectivity index (χ4n) is 4.64. The molecule has 1 fully saturated rings. The summed E-state index contributed by atoms with van der Waals surface area (Å²) in [5, 5.41) is 0. The van der Waals surface area contributed by atoms with Crippen molar-refractivity contribution in [3.05, 3.63) is 23.8 Å². The highest BCUT2D eigenvalue weighted by atomic mass is 32.2. The Hall–Kier alpha value is -1.20. The monoisotopic (exact) mass is 405 g/mol. The molecule has 0 spiro atoms. The van der Waals surface area contributed by atoms with Crippen LogP contribution >= 0.6 is 0 Å². The first-order valence-electron chi connectivity index (χ1n) is 11.0. The number of benzene rings is 1. The first-order valence-corrected chi connectivity index (χ1v) is 12.4. The van der Waals surface area contributed by atoms with Crippen molar-refractivity contribution in [3.63, 3.8) is 0 Å². The maximum absolute atomic E-state index is 13.3. The van der Waals surface area contributed by atoms with Crippen LogP contribution in [0.3, 0.4) is 0 Å². The summed E-state index contributed by atoms with van der Waals surface area (Å²) in [6, 6.07) is 5.80. The van der Waals surface area contributed by atoms with Gasteiger partial charge in [-0.25, -0.2) is 8.42 Å². The van der Waals surface area contributed by atoms with E-state index >= 15 is 0 Å². The molecule has 4 nitrogen and oxygen atoms in total. The molecule has 0 atom stereocenters. The molecule has 2 aliphatic rings. The Morgan fingerprint density at radius 3 is 2.43 bits per heavy atom. The van der Waals surface area contributed by atoms with E-state index < -0.39 is 10.0 Å². The number of hydrogen-bond acceptors (Lipinski definition) is 2. The minimum atomic E-state index is -3.42. The predicted octanol–water partition coefficient (Wildman–Crippen LogP) is 5.08. The minimum Gasteiger partial charge on any atom is -0.207 e. The van der Waals surface area contributed by atoms with Crippen molar-refractivity contribution in [1.29, 1.82) is 0 Å². The third-order valence-corrected chi connectivity index (χ3v) is 8.91. The molecular weight excluding hydrogens is 368 g/mol. The van der Waals surface area contributed by atoms with Crippen LogP contribution in [0.5, 0.6) is 0 Å². The van der Waals surface area contributed by atoms with Crippen molar-refractivity contribution in [1.82, 2.24) is 4.31 Å². The van der Waals surface area contributed by atoms with Gasteiger partial charge < -0.3 is 0 Å². The van der Waals surface area contributed by atoms with Crippen LogP contribution in [0.25, 0.3) is 0 Å². The third kappa shape index (κ3) is 3.80. The summed E-state index contributed by atoms with van der Waals surface area (Å²) < 4.78 is 30.6. The first kappa shape index (κ1) is 21.5. The zero-order valence-corrected chi connectivity index (χ0v) is 19.1. The first-order chi connectivity index (χ1) is 13.2. The lowest BCUT2D eigenvalue weighted by Crippen LogP contribution is -2.38. The zero-order valence-electron chi connectivity index (χ0n) is 18.3. The molecule has 0 unspecified atom stereocenters. The fraction of sp³-hybridized carbons (Fsp3) is 0.696.